The maximum absolute atomic E-state index is 3.71. The van der Waals surface area contributed by atoms with Crippen LogP contribution in [0.15, 0.2) is 29.4 Å². The molecule has 1 aromatic rings. The van der Waals surface area contributed by atoms with Gasteiger partial charge in [-0.1, -0.05) is 18.2 Å². The van der Waals surface area contributed by atoms with Crippen molar-refractivity contribution in [2.75, 3.05) is 38.2 Å². The number of benzene rings is 1. The SMILES string of the molecule is C1=NNCC1.C1CNCN1.c1ccc2c(c1)CCN2. The highest BCUT2D eigenvalue weighted by molar-refractivity contribution is 5.58. The number of nitrogens with one attached hydrogen (secondary N) is 4. The van der Waals surface area contributed by atoms with Crippen LogP contribution in [0.3, 0.4) is 0 Å². The van der Waals surface area contributed by atoms with Crippen molar-refractivity contribution in [3.8, 4) is 0 Å². The molecule has 104 valence electrons. The third-order valence-electron chi connectivity index (χ3n) is 3.02. The third kappa shape index (κ3) is 5.28. The maximum atomic E-state index is 3.71. The highest BCUT2D eigenvalue weighted by atomic mass is 15.3. The Morgan fingerprint density at radius 1 is 0.947 bits per heavy atom. The molecule has 3 heterocycles. The number of hydrazone groups is 1. The fraction of sp³-hybridized carbons (Fsp3) is 0.500. The average molecular weight is 261 g/mol. The van der Waals surface area contributed by atoms with Crippen LogP contribution in [0.5, 0.6) is 0 Å². The van der Waals surface area contributed by atoms with Gasteiger partial charge in [0.05, 0.1) is 0 Å². The van der Waals surface area contributed by atoms with E-state index in [4.69, 9.17) is 0 Å². The van der Waals surface area contributed by atoms with Crippen molar-refractivity contribution >= 4 is 11.9 Å². The average Bonchev–Trinajstić information content (AvgIpc) is 3.22. The van der Waals surface area contributed by atoms with Crippen molar-refractivity contribution in [3.63, 3.8) is 0 Å². The summed E-state index contributed by atoms with van der Waals surface area (Å²) in [5.41, 5.74) is 5.56. The first kappa shape index (κ1) is 13.8. The second-order valence-corrected chi connectivity index (χ2v) is 4.52. The van der Waals surface area contributed by atoms with E-state index >= 15 is 0 Å². The van der Waals surface area contributed by atoms with Crippen molar-refractivity contribution < 1.29 is 0 Å². The standard InChI is InChI=1S/C8H9N.C3H8N2.C3H6N2/c1-2-4-8-7(3-1)5-6-9-8;1-2-5-3-4-1;1-2-4-5-3-1/h1-4,9H,5-6H2;4-5H,1-3H2;2,5H,1,3H2. The number of para-hydroxylation sites is 1. The van der Waals surface area contributed by atoms with Crippen LogP contribution in [0, 0.1) is 0 Å². The summed E-state index contributed by atoms with van der Waals surface area (Å²) in [6.45, 7) is 5.42. The lowest BCUT2D eigenvalue weighted by molar-refractivity contribution is 0.807. The van der Waals surface area contributed by atoms with Crippen molar-refractivity contribution in [1.29, 1.82) is 0 Å². The lowest BCUT2D eigenvalue weighted by atomic mass is 10.2. The Balaban J connectivity index is 0.000000114. The van der Waals surface area contributed by atoms with Gasteiger partial charge in [-0.3, -0.25) is 0 Å². The Morgan fingerprint density at radius 2 is 1.79 bits per heavy atom. The Hall–Kier alpha value is -1.59. The molecule has 1 saturated heterocycles. The van der Waals surface area contributed by atoms with Gasteiger partial charge in [-0.15, -0.1) is 0 Å². The molecule has 5 nitrogen and oxygen atoms in total. The molecule has 0 aromatic heterocycles. The molecule has 1 fully saturated rings. The van der Waals surface area contributed by atoms with Gasteiger partial charge in [-0.2, -0.15) is 5.10 Å². The smallest absolute Gasteiger partial charge is 0.0455 e. The Kier molecular flexibility index (Phi) is 6.19. The molecule has 3 aliphatic heterocycles. The molecule has 4 rings (SSSR count). The zero-order valence-electron chi connectivity index (χ0n) is 11.3. The first-order chi connectivity index (χ1) is 9.47. The minimum atomic E-state index is 1.00. The van der Waals surface area contributed by atoms with Gasteiger partial charge in [0, 0.05) is 51.2 Å². The maximum Gasteiger partial charge on any atom is 0.0455 e. The van der Waals surface area contributed by atoms with Gasteiger partial charge >= 0.3 is 0 Å². The van der Waals surface area contributed by atoms with Crippen LogP contribution in [0.1, 0.15) is 12.0 Å². The van der Waals surface area contributed by atoms with Gasteiger partial charge < -0.3 is 21.4 Å². The highest BCUT2D eigenvalue weighted by Gasteiger charge is 2.05. The largest absolute Gasteiger partial charge is 0.384 e. The van der Waals surface area contributed by atoms with Crippen molar-refractivity contribution in [3.05, 3.63) is 29.8 Å². The number of anilines is 1. The van der Waals surface area contributed by atoms with E-state index < -0.39 is 0 Å². The predicted molar refractivity (Wildman–Crippen MR) is 80.6 cm³/mol. The summed E-state index contributed by atoms with van der Waals surface area (Å²) in [7, 11) is 0. The number of nitrogens with zero attached hydrogens (tertiary/aromatic N) is 1. The summed E-state index contributed by atoms with van der Waals surface area (Å²) < 4.78 is 0. The molecule has 0 unspecified atom stereocenters. The molecule has 0 spiro atoms. The molecular weight excluding hydrogens is 238 g/mol. The summed E-state index contributed by atoms with van der Waals surface area (Å²) in [5, 5.41) is 13.2. The van der Waals surface area contributed by atoms with E-state index in [9.17, 15) is 0 Å². The minimum Gasteiger partial charge on any atom is -0.384 e. The van der Waals surface area contributed by atoms with Gasteiger partial charge in [0.1, 0.15) is 0 Å². The van der Waals surface area contributed by atoms with E-state index in [0.29, 0.717) is 0 Å². The molecule has 0 amide bonds. The molecule has 5 heteroatoms. The van der Waals surface area contributed by atoms with Gasteiger partial charge in [0.25, 0.3) is 0 Å². The fourth-order valence-corrected chi connectivity index (χ4v) is 2.01. The summed E-state index contributed by atoms with van der Waals surface area (Å²) in [4.78, 5) is 0. The van der Waals surface area contributed by atoms with Crippen LogP contribution in [0.25, 0.3) is 0 Å². The summed E-state index contributed by atoms with van der Waals surface area (Å²) >= 11 is 0. The second kappa shape index (κ2) is 8.50. The van der Waals surface area contributed by atoms with Crippen LogP contribution in [0.4, 0.5) is 5.69 Å². The number of hydrogen-bond acceptors (Lipinski definition) is 5. The normalized spacial score (nSPS) is 18.3. The zero-order chi connectivity index (χ0) is 13.2. The van der Waals surface area contributed by atoms with Crippen molar-refractivity contribution in [1.82, 2.24) is 16.1 Å². The van der Waals surface area contributed by atoms with Gasteiger partial charge in [0.15, 0.2) is 0 Å². The van der Waals surface area contributed by atoms with E-state index in [1.807, 2.05) is 6.21 Å². The van der Waals surface area contributed by atoms with Gasteiger partial charge in [-0.05, 0) is 18.1 Å². The lowest BCUT2D eigenvalue weighted by Gasteiger charge is -1.94. The van der Waals surface area contributed by atoms with E-state index in [1.54, 1.807) is 0 Å². The summed E-state index contributed by atoms with van der Waals surface area (Å²) in [6, 6.07) is 8.46. The third-order valence-corrected chi connectivity index (χ3v) is 3.02. The molecule has 0 saturated carbocycles. The van der Waals surface area contributed by atoms with E-state index in [1.165, 1.54) is 17.7 Å². The molecule has 0 atom stereocenters. The molecular formula is C14H23N5. The molecule has 3 aliphatic rings. The molecule has 0 radical (unpaired) electrons. The topological polar surface area (TPSA) is 60.5 Å². The Labute approximate surface area is 114 Å². The van der Waals surface area contributed by atoms with Crippen LogP contribution < -0.4 is 21.4 Å². The van der Waals surface area contributed by atoms with E-state index in [2.05, 4.69) is 50.7 Å². The minimum absolute atomic E-state index is 1.00. The summed E-state index contributed by atoms with van der Waals surface area (Å²) in [6.07, 6.45) is 4.16. The number of rotatable bonds is 0. The van der Waals surface area contributed by atoms with Crippen molar-refractivity contribution in [2.45, 2.75) is 12.8 Å². The second-order valence-electron chi connectivity index (χ2n) is 4.52. The molecule has 0 bridgehead atoms. The van der Waals surface area contributed by atoms with Crippen LogP contribution in [0.2, 0.25) is 0 Å². The van der Waals surface area contributed by atoms with Gasteiger partial charge in [0.2, 0.25) is 0 Å². The molecule has 1 aromatic carbocycles. The van der Waals surface area contributed by atoms with Crippen LogP contribution in [-0.2, 0) is 6.42 Å². The first-order valence-corrected chi connectivity index (χ1v) is 6.94. The fourth-order valence-electron chi connectivity index (χ4n) is 2.01. The highest BCUT2D eigenvalue weighted by Crippen LogP contribution is 2.19. The van der Waals surface area contributed by atoms with E-state index in [0.717, 1.165) is 39.3 Å². The van der Waals surface area contributed by atoms with Gasteiger partial charge in [-0.25, -0.2) is 0 Å². The predicted octanol–water partition coefficient (Wildman–Crippen LogP) is 0.757. The number of hydrogen-bond donors (Lipinski definition) is 4. The zero-order valence-corrected chi connectivity index (χ0v) is 11.3. The van der Waals surface area contributed by atoms with Crippen LogP contribution in [-0.4, -0.2) is 39.1 Å². The number of fused-ring (bicyclic) bond motifs is 1. The summed E-state index contributed by atoms with van der Waals surface area (Å²) in [5.74, 6) is 0. The Bertz CT molecular complexity index is 351. The first-order valence-electron chi connectivity index (χ1n) is 6.94. The molecule has 0 aliphatic carbocycles. The monoisotopic (exact) mass is 261 g/mol. The van der Waals surface area contributed by atoms with Crippen LogP contribution >= 0.6 is 0 Å². The lowest BCUT2D eigenvalue weighted by Crippen LogP contribution is -2.11. The molecule has 4 N–H and O–H groups in total. The Morgan fingerprint density at radius 3 is 2.32 bits per heavy atom. The van der Waals surface area contributed by atoms with Crippen molar-refractivity contribution in [2.24, 2.45) is 5.10 Å². The molecule has 19 heavy (non-hydrogen) atoms. The van der Waals surface area contributed by atoms with E-state index in [-0.39, 0.29) is 0 Å². The quantitative estimate of drug-likeness (QED) is 0.557.